The number of anilines is 1. The zero-order valence-corrected chi connectivity index (χ0v) is 13.0. The molecule has 20 heavy (non-hydrogen) atoms. The van der Waals surface area contributed by atoms with Crippen LogP contribution in [0.3, 0.4) is 0 Å². The Hall–Kier alpha value is -1.22. The van der Waals surface area contributed by atoms with Gasteiger partial charge in [0.2, 0.25) is 0 Å². The number of amides is 1. The fourth-order valence-corrected chi connectivity index (χ4v) is 3.08. The Morgan fingerprint density at radius 2 is 2.05 bits per heavy atom. The Morgan fingerprint density at radius 1 is 1.40 bits per heavy atom. The van der Waals surface area contributed by atoms with Crippen LogP contribution >= 0.6 is 11.6 Å². The quantitative estimate of drug-likeness (QED) is 0.854. The normalized spacial score (nSPS) is 15.8. The zero-order valence-electron chi connectivity index (χ0n) is 12.2. The van der Waals surface area contributed by atoms with E-state index in [0.29, 0.717) is 28.2 Å². The lowest BCUT2D eigenvalue weighted by Gasteiger charge is -2.31. The molecule has 2 N–H and O–H groups in total. The van der Waals surface area contributed by atoms with Crippen molar-refractivity contribution in [2.24, 2.45) is 5.92 Å². The molecule has 1 aromatic rings. The van der Waals surface area contributed by atoms with Gasteiger partial charge in [-0.05, 0) is 30.9 Å². The van der Waals surface area contributed by atoms with Crippen molar-refractivity contribution in [1.29, 1.82) is 0 Å². The summed E-state index contributed by atoms with van der Waals surface area (Å²) in [6, 6.07) is 5.63. The first kappa shape index (κ1) is 15.2. The standard InChI is InChI=1S/C16H23ClN2O/c1-11(2)10-19(12-6-3-4-7-12)16(20)13-8-5-9-14(18)15(13)17/h5,8-9,11-12H,3-4,6-7,10,18H2,1-2H3. The van der Waals surface area contributed by atoms with E-state index in [2.05, 4.69) is 13.8 Å². The minimum atomic E-state index is 0.0166. The average molecular weight is 295 g/mol. The molecule has 4 heteroatoms. The first-order chi connectivity index (χ1) is 9.50. The predicted molar refractivity (Wildman–Crippen MR) is 84.0 cm³/mol. The Labute approximate surface area is 126 Å². The van der Waals surface area contributed by atoms with Crippen molar-refractivity contribution < 1.29 is 4.79 Å². The number of nitrogens with zero attached hydrogens (tertiary/aromatic N) is 1. The third kappa shape index (κ3) is 3.26. The number of halogens is 1. The van der Waals surface area contributed by atoms with Crippen LogP contribution in [0.2, 0.25) is 5.02 Å². The number of benzene rings is 1. The van der Waals surface area contributed by atoms with Gasteiger partial charge in [-0.2, -0.15) is 0 Å². The van der Waals surface area contributed by atoms with Gasteiger partial charge in [0.25, 0.3) is 5.91 Å². The number of nitrogens with two attached hydrogens (primary N) is 1. The molecule has 0 heterocycles. The molecule has 1 aliphatic rings. The molecule has 1 saturated carbocycles. The first-order valence-electron chi connectivity index (χ1n) is 7.35. The van der Waals surface area contributed by atoms with Crippen LogP contribution in [-0.4, -0.2) is 23.4 Å². The highest BCUT2D eigenvalue weighted by molar-refractivity contribution is 6.36. The molecule has 2 rings (SSSR count). The monoisotopic (exact) mass is 294 g/mol. The molecular weight excluding hydrogens is 272 g/mol. The smallest absolute Gasteiger partial charge is 0.255 e. The Kier molecular flexibility index (Phi) is 4.92. The van der Waals surface area contributed by atoms with Crippen molar-refractivity contribution in [1.82, 2.24) is 4.90 Å². The van der Waals surface area contributed by atoms with Crippen molar-refractivity contribution in [2.75, 3.05) is 12.3 Å². The van der Waals surface area contributed by atoms with Crippen LogP contribution in [0.15, 0.2) is 18.2 Å². The summed E-state index contributed by atoms with van der Waals surface area (Å²) >= 11 is 6.20. The number of rotatable bonds is 4. The molecule has 0 atom stereocenters. The third-order valence-corrected chi connectivity index (χ3v) is 4.27. The van der Waals surface area contributed by atoms with Crippen LogP contribution in [0.4, 0.5) is 5.69 Å². The molecule has 0 bridgehead atoms. The lowest BCUT2D eigenvalue weighted by atomic mass is 10.1. The second-order valence-electron chi connectivity index (χ2n) is 6.00. The Balaban J connectivity index is 2.27. The van der Waals surface area contributed by atoms with Gasteiger partial charge < -0.3 is 10.6 Å². The van der Waals surface area contributed by atoms with Gasteiger partial charge in [0.1, 0.15) is 0 Å². The van der Waals surface area contributed by atoms with E-state index in [-0.39, 0.29) is 5.91 Å². The topological polar surface area (TPSA) is 46.3 Å². The van der Waals surface area contributed by atoms with E-state index in [1.807, 2.05) is 4.90 Å². The van der Waals surface area contributed by atoms with Crippen molar-refractivity contribution in [3.63, 3.8) is 0 Å². The van der Waals surface area contributed by atoms with Crippen LogP contribution in [0, 0.1) is 5.92 Å². The summed E-state index contributed by atoms with van der Waals surface area (Å²) in [5, 5.41) is 0.379. The summed E-state index contributed by atoms with van der Waals surface area (Å²) in [4.78, 5) is 14.8. The lowest BCUT2D eigenvalue weighted by Crippen LogP contribution is -2.41. The van der Waals surface area contributed by atoms with E-state index >= 15 is 0 Å². The summed E-state index contributed by atoms with van der Waals surface area (Å²) in [6.45, 7) is 5.04. The van der Waals surface area contributed by atoms with Crippen LogP contribution in [0.5, 0.6) is 0 Å². The van der Waals surface area contributed by atoms with Crippen LogP contribution in [0.1, 0.15) is 49.9 Å². The van der Waals surface area contributed by atoms with E-state index in [4.69, 9.17) is 17.3 Å². The van der Waals surface area contributed by atoms with E-state index in [9.17, 15) is 4.79 Å². The minimum Gasteiger partial charge on any atom is -0.398 e. The maximum atomic E-state index is 12.8. The van der Waals surface area contributed by atoms with Crippen molar-refractivity contribution in [3.8, 4) is 0 Å². The van der Waals surface area contributed by atoms with Gasteiger partial charge >= 0.3 is 0 Å². The number of carbonyl (C=O) groups is 1. The third-order valence-electron chi connectivity index (χ3n) is 3.85. The van der Waals surface area contributed by atoms with Crippen LogP contribution < -0.4 is 5.73 Å². The molecule has 110 valence electrons. The summed E-state index contributed by atoms with van der Waals surface area (Å²) < 4.78 is 0. The molecule has 1 aliphatic carbocycles. The number of carbonyl (C=O) groups excluding carboxylic acids is 1. The van der Waals surface area contributed by atoms with E-state index in [1.54, 1.807) is 18.2 Å². The van der Waals surface area contributed by atoms with E-state index in [0.717, 1.165) is 19.4 Å². The summed E-state index contributed by atoms with van der Waals surface area (Å²) in [6.07, 6.45) is 4.60. The van der Waals surface area contributed by atoms with Gasteiger partial charge in [-0.15, -0.1) is 0 Å². The van der Waals surface area contributed by atoms with Crippen LogP contribution in [-0.2, 0) is 0 Å². The molecule has 1 amide bonds. The highest BCUT2D eigenvalue weighted by atomic mass is 35.5. The summed E-state index contributed by atoms with van der Waals surface area (Å²) in [5.74, 6) is 0.460. The highest BCUT2D eigenvalue weighted by Crippen LogP contribution is 2.29. The van der Waals surface area contributed by atoms with Crippen molar-refractivity contribution >= 4 is 23.2 Å². The molecule has 1 fully saturated rings. The predicted octanol–water partition coefficient (Wildman–Crippen LogP) is 3.96. The fourth-order valence-electron chi connectivity index (χ4n) is 2.88. The summed E-state index contributed by atoms with van der Waals surface area (Å²) in [5.41, 5.74) is 6.80. The van der Waals surface area contributed by atoms with Crippen molar-refractivity contribution in [3.05, 3.63) is 28.8 Å². The average Bonchev–Trinajstić information content (AvgIpc) is 2.92. The van der Waals surface area contributed by atoms with Gasteiger partial charge in [0, 0.05) is 12.6 Å². The van der Waals surface area contributed by atoms with Crippen LogP contribution in [0.25, 0.3) is 0 Å². The molecular formula is C16H23ClN2O. The van der Waals surface area contributed by atoms with Gasteiger partial charge in [-0.1, -0.05) is 44.4 Å². The maximum absolute atomic E-state index is 12.8. The highest BCUT2D eigenvalue weighted by Gasteiger charge is 2.29. The lowest BCUT2D eigenvalue weighted by molar-refractivity contribution is 0.0656. The second-order valence-corrected chi connectivity index (χ2v) is 6.38. The SMILES string of the molecule is CC(C)CN(C(=O)c1cccc(N)c1Cl)C1CCCC1. The molecule has 0 spiro atoms. The van der Waals surface area contributed by atoms with Gasteiger partial charge in [0.05, 0.1) is 16.3 Å². The van der Waals surface area contributed by atoms with E-state index < -0.39 is 0 Å². The fraction of sp³-hybridized carbons (Fsp3) is 0.562. The number of nitrogen functional groups attached to an aromatic ring is 1. The first-order valence-corrected chi connectivity index (χ1v) is 7.73. The molecule has 0 radical (unpaired) electrons. The molecule has 0 aliphatic heterocycles. The molecule has 0 saturated heterocycles. The van der Waals surface area contributed by atoms with Crippen molar-refractivity contribution in [2.45, 2.75) is 45.6 Å². The zero-order chi connectivity index (χ0) is 14.7. The molecule has 0 aromatic heterocycles. The van der Waals surface area contributed by atoms with Gasteiger partial charge in [0.15, 0.2) is 0 Å². The Morgan fingerprint density at radius 3 is 2.65 bits per heavy atom. The number of hydrogen-bond donors (Lipinski definition) is 1. The largest absolute Gasteiger partial charge is 0.398 e. The van der Waals surface area contributed by atoms with Gasteiger partial charge in [-0.25, -0.2) is 0 Å². The summed E-state index contributed by atoms with van der Waals surface area (Å²) in [7, 11) is 0. The van der Waals surface area contributed by atoms with E-state index in [1.165, 1.54) is 12.8 Å². The molecule has 0 unspecified atom stereocenters. The molecule has 1 aromatic carbocycles. The number of hydrogen-bond acceptors (Lipinski definition) is 2. The minimum absolute atomic E-state index is 0.0166. The Bertz CT molecular complexity index is 481. The van der Waals surface area contributed by atoms with Gasteiger partial charge in [-0.3, -0.25) is 4.79 Å². The molecule has 3 nitrogen and oxygen atoms in total. The second kappa shape index (κ2) is 6.49. The maximum Gasteiger partial charge on any atom is 0.255 e.